The first-order valence-electron chi connectivity index (χ1n) is 16.9. The second-order valence-corrected chi connectivity index (χ2v) is 14.6. The number of fused-ring (bicyclic) bond motifs is 1. The van der Waals surface area contributed by atoms with Crippen molar-refractivity contribution in [3.05, 3.63) is 99.8 Å². The van der Waals surface area contributed by atoms with Crippen LogP contribution in [0, 0.1) is 16.2 Å². The number of likely N-dealkylation sites (tertiary alicyclic amines) is 1. The maximum absolute atomic E-state index is 13.6. The first-order valence-corrected chi connectivity index (χ1v) is 18.4. The van der Waals surface area contributed by atoms with Crippen LogP contribution in [0.3, 0.4) is 0 Å². The minimum Gasteiger partial charge on any atom is -0.484 e. The molecular weight excluding hydrogens is 672 g/mol. The first kappa shape index (κ1) is 37.0. The van der Waals surface area contributed by atoms with Gasteiger partial charge in [-0.2, -0.15) is 0 Å². The number of nitrogens with two attached hydrogens (primary N) is 1. The fraction of sp³-hybridized carbons (Fsp3) is 0.405. The minimum absolute atomic E-state index is 0.231. The van der Waals surface area contributed by atoms with E-state index in [0.29, 0.717) is 47.6 Å². The third-order valence-corrected chi connectivity index (χ3v) is 9.33. The molecule has 1 aliphatic carbocycles. The van der Waals surface area contributed by atoms with Gasteiger partial charge in [0, 0.05) is 41.6 Å². The zero-order chi connectivity index (χ0) is 35.8. The van der Waals surface area contributed by atoms with E-state index < -0.39 is 6.03 Å². The molecule has 3 aromatic rings. The van der Waals surface area contributed by atoms with Gasteiger partial charge in [0.25, 0.3) is 0 Å². The van der Waals surface area contributed by atoms with Gasteiger partial charge in [0.1, 0.15) is 23.2 Å². The molecule has 13 heteroatoms. The van der Waals surface area contributed by atoms with Crippen molar-refractivity contribution >= 4 is 47.2 Å². The fourth-order valence-electron chi connectivity index (χ4n) is 5.99. The van der Waals surface area contributed by atoms with Gasteiger partial charge in [0.2, 0.25) is 5.96 Å². The average molecular weight is 719 g/mol. The number of aliphatic imine (C=N–C) groups is 1. The number of aromatic nitrogens is 1. The monoisotopic (exact) mass is 718 g/mol. The van der Waals surface area contributed by atoms with Crippen LogP contribution >= 0.6 is 23.6 Å². The average Bonchev–Trinajstić information content (AvgIpc) is 3.08. The summed E-state index contributed by atoms with van der Waals surface area (Å²) in [5.41, 5.74) is 10.2. The number of hydrogen-bond acceptors (Lipinski definition) is 8. The zero-order valence-electron chi connectivity index (χ0n) is 29.1. The van der Waals surface area contributed by atoms with Gasteiger partial charge >= 0.3 is 6.03 Å². The number of hydrogen-bond donors (Lipinski definition) is 5. The smallest absolute Gasteiger partial charge is 0.320 e. The van der Waals surface area contributed by atoms with E-state index in [2.05, 4.69) is 10.6 Å². The van der Waals surface area contributed by atoms with Crippen molar-refractivity contribution in [1.29, 1.82) is 10.8 Å². The predicted octanol–water partition coefficient (Wildman–Crippen LogP) is 7.56. The molecule has 0 bridgehead atoms. The molecule has 5 rings (SSSR count). The van der Waals surface area contributed by atoms with Gasteiger partial charge in [-0.25, -0.2) is 9.79 Å². The summed E-state index contributed by atoms with van der Waals surface area (Å²) in [6, 6.07) is 16.1. The zero-order valence-corrected chi connectivity index (χ0v) is 30.7. The van der Waals surface area contributed by atoms with Crippen LogP contribution in [-0.4, -0.2) is 46.6 Å². The number of carbonyl (C=O) groups excluding carboxylic acids is 1. The molecule has 2 amide bonds. The van der Waals surface area contributed by atoms with Crippen molar-refractivity contribution in [3.8, 4) is 5.75 Å². The molecule has 2 aromatic carbocycles. The summed E-state index contributed by atoms with van der Waals surface area (Å²) in [5, 5.41) is 23.7. The number of halogens is 1. The number of amides is 2. The molecule has 2 atom stereocenters. The van der Waals surface area contributed by atoms with Crippen LogP contribution in [0.1, 0.15) is 81.7 Å². The van der Waals surface area contributed by atoms with Crippen molar-refractivity contribution in [3.63, 3.8) is 0 Å². The summed E-state index contributed by atoms with van der Waals surface area (Å²) in [6.45, 7) is 7.96. The molecule has 1 fully saturated rings. The van der Waals surface area contributed by atoms with Crippen LogP contribution in [0.15, 0.2) is 77.6 Å². The molecule has 1 aromatic heterocycles. The number of ether oxygens (including phenoxy) is 1. The van der Waals surface area contributed by atoms with Crippen LogP contribution in [0.25, 0.3) is 0 Å². The highest BCUT2D eigenvalue weighted by Gasteiger charge is 2.30. The number of allylic oxidation sites excluding steroid dienone is 1. The van der Waals surface area contributed by atoms with E-state index >= 15 is 0 Å². The number of nitrogens with one attached hydrogen (secondary N) is 4. The van der Waals surface area contributed by atoms with Gasteiger partial charge in [-0.1, -0.05) is 56.6 Å². The highest BCUT2D eigenvalue weighted by atomic mass is 35.5. The lowest BCUT2D eigenvalue weighted by atomic mass is 9.85. The number of piperidine rings is 1. The third-order valence-electron chi connectivity index (χ3n) is 8.76. The van der Waals surface area contributed by atoms with Gasteiger partial charge in [-0.15, -0.1) is 0 Å². The van der Waals surface area contributed by atoms with Crippen molar-refractivity contribution < 1.29 is 13.7 Å². The molecule has 0 spiro atoms. The Hall–Kier alpha value is -4.26. The topological polar surface area (TPSA) is 154 Å². The van der Waals surface area contributed by atoms with Crippen LogP contribution in [0.2, 0.25) is 5.02 Å². The lowest BCUT2D eigenvalue weighted by Gasteiger charge is -2.33. The Morgan fingerprint density at radius 3 is 2.56 bits per heavy atom. The fourth-order valence-corrected chi connectivity index (χ4v) is 6.50. The van der Waals surface area contributed by atoms with Crippen LogP contribution in [-0.2, 0) is 10.8 Å². The van der Waals surface area contributed by atoms with Crippen LogP contribution in [0.4, 0.5) is 10.5 Å². The molecular formula is C37H47ClN8O3S. The summed E-state index contributed by atoms with van der Waals surface area (Å²) in [5.74, 6) is 1.15. The SMILES string of the molecule is CSOCc1cc(Cl)cc(N=C(C=C(N)C(C)(C)C)NC(=O)NC2CC[C@@H](Oc3ccc(=N)n(C(=N)N4CCCCC4)c3)c3ccccc32)c1. The normalized spacial score (nSPS) is 18.3. The lowest BCUT2D eigenvalue weighted by Crippen LogP contribution is -2.43. The Balaban J connectivity index is 1.33. The standard InChI is InChI=1S/C37H47ClN8O3S/c1-37(2,3)32(39)21-34(42-26-19-24(23-48-50-4)18-25(38)20-26)44-36(47)43-30-13-14-31(29-11-7-6-10-28(29)30)49-27-12-15-33(40)46(22-27)35(41)45-16-8-5-9-17-45/h6-7,10-12,15,18-22,30-31,40-41H,5,8-9,13-14,16-17,23,39H2,1-4H3,(H2,42,43,44,47)/t30?,31-/m1/s1. The maximum Gasteiger partial charge on any atom is 0.320 e. The molecule has 2 heterocycles. The Morgan fingerprint density at radius 1 is 1.10 bits per heavy atom. The van der Waals surface area contributed by atoms with E-state index in [-0.39, 0.29) is 28.9 Å². The van der Waals surface area contributed by atoms with Crippen molar-refractivity contribution in [2.24, 2.45) is 16.1 Å². The molecule has 11 nitrogen and oxygen atoms in total. The largest absolute Gasteiger partial charge is 0.484 e. The van der Waals surface area contributed by atoms with Gasteiger partial charge < -0.3 is 24.9 Å². The maximum atomic E-state index is 13.6. The van der Waals surface area contributed by atoms with E-state index in [9.17, 15) is 4.79 Å². The van der Waals surface area contributed by atoms with E-state index in [1.165, 1.54) is 18.5 Å². The number of rotatable bonds is 8. The van der Waals surface area contributed by atoms with E-state index in [1.807, 2.05) is 68.3 Å². The van der Waals surface area contributed by atoms with Gasteiger partial charge in [0.15, 0.2) is 0 Å². The van der Waals surface area contributed by atoms with Crippen molar-refractivity contribution in [2.45, 2.75) is 71.6 Å². The molecule has 266 valence electrons. The first-order chi connectivity index (χ1) is 23.9. The Morgan fingerprint density at radius 2 is 1.84 bits per heavy atom. The molecule has 50 heavy (non-hydrogen) atoms. The Bertz CT molecular complexity index is 1810. The molecule has 1 aliphatic heterocycles. The Labute approximate surface area is 303 Å². The Kier molecular flexibility index (Phi) is 12.3. The molecule has 0 saturated carbocycles. The number of amidine groups is 1. The highest BCUT2D eigenvalue weighted by Crippen LogP contribution is 2.38. The quantitative estimate of drug-likeness (QED) is 0.0921. The van der Waals surface area contributed by atoms with E-state index in [1.54, 1.807) is 35.0 Å². The predicted molar refractivity (Wildman–Crippen MR) is 201 cm³/mol. The number of urea groups is 1. The summed E-state index contributed by atoms with van der Waals surface area (Å²) in [7, 11) is 0. The number of benzene rings is 2. The van der Waals surface area contributed by atoms with E-state index in [4.69, 9.17) is 42.1 Å². The molecule has 1 unspecified atom stereocenters. The molecule has 1 saturated heterocycles. The van der Waals surface area contributed by atoms with Gasteiger partial charge in [-0.3, -0.25) is 20.7 Å². The molecule has 0 radical (unpaired) electrons. The van der Waals surface area contributed by atoms with Crippen molar-refractivity contribution in [1.82, 2.24) is 20.1 Å². The summed E-state index contributed by atoms with van der Waals surface area (Å²) in [6.07, 6.45) is 9.53. The van der Waals surface area contributed by atoms with Crippen LogP contribution < -0.4 is 26.6 Å². The number of carbonyl (C=O) groups is 1. The van der Waals surface area contributed by atoms with Crippen LogP contribution in [0.5, 0.6) is 5.75 Å². The number of nitrogens with zero attached hydrogens (tertiary/aromatic N) is 3. The van der Waals surface area contributed by atoms with Gasteiger partial charge in [0.05, 0.1) is 24.5 Å². The minimum atomic E-state index is -0.419. The van der Waals surface area contributed by atoms with E-state index in [0.717, 1.165) is 42.6 Å². The second kappa shape index (κ2) is 16.6. The number of pyridine rings is 1. The molecule has 6 N–H and O–H groups in total. The lowest BCUT2D eigenvalue weighted by molar-refractivity contribution is 0.171. The van der Waals surface area contributed by atoms with Crippen molar-refractivity contribution in [2.75, 3.05) is 19.3 Å². The highest BCUT2D eigenvalue weighted by molar-refractivity contribution is 7.93. The third kappa shape index (κ3) is 9.70. The molecule has 2 aliphatic rings. The van der Waals surface area contributed by atoms with Gasteiger partial charge in [-0.05, 0) is 91.2 Å². The summed E-state index contributed by atoms with van der Waals surface area (Å²) in [4.78, 5) is 20.3. The summed E-state index contributed by atoms with van der Waals surface area (Å²) >= 11 is 7.66. The second-order valence-electron chi connectivity index (χ2n) is 13.5. The summed E-state index contributed by atoms with van der Waals surface area (Å²) < 4.78 is 13.6.